The number of ether oxygens (including phenoxy) is 1. The molecule has 0 aliphatic carbocycles. The molecule has 11 nitrogen and oxygen atoms in total. The Hall–Kier alpha value is -4.12. The quantitative estimate of drug-likeness (QED) is 0.457. The van der Waals surface area contributed by atoms with Crippen LogP contribution in [0.5, 0.6) is 0 Å². The molecule has 12 heteroatoms. The number of nitrogens with zero attached hydrogens (tertiary/aromatic N) is 5. The number of primary amides is 1. The number of nitrogens with one attached hydrogen (secondary N) is 1. The lowest BCUT2D eigenvalue weighted by Gasteiger charge is -2.28. The molecule has 2 aromatic rings. The van der Waals surface area contributed by atoms with Gasteiger partial charge in [-0.25, -0.2) is 4.98 Å². The van der Waals surface area contributed by atoms with Crippen molar-refractivity contribution in [2.24, 2.45) is 15.9 Å². The third-order valence-electron chi connectivity index (χ3n) is 4.73. The van der Waals surface area contributed by atoms with Gasteiger partial charge in [0.1, 0.15) is 18.1 Å². The minimum absolute atomic E-state index is 0.0474. The van der Waals surface area contributed by atoms with Crippen molar-refractivity contribution >= 4 is 52.8 Å². The molecule has 0 radical (unpaired) electrons. The van der Waals surface area contributed by atoms with Gasteiger partial charge in [0.2, 0.25) is 0 Å². The summed E-state index contributed by atoms with van der Waals surface area (Å²) in [5, 5.41) is 15.2. The highest BCUT2D eigenvalue weighted by Crippen LogP contribution is 2.28. The molecule has 2 aliphatic heterocycles. The summed E-state index contributed by atoms with van der Waals surface area (Å²) >= 11 is 5.81. The third-order valence-corrected chi connectivity index (χ3v) is 4.96. The van der Waals surface area contributed by atoms with Gasteiger partial charge in [-0.2, -0.15) is 0 Å². The molecule has 2 aliphatic rings. The maximum Gasteiger partial charge on any atom is 0.331 e. The Kier molecular flexibility index (Phi) is 5.90. The van der Waals surface area contributed by atoms with Gasteiger partial charge in [-0.05, 0) is 41.6 Å². The highest BCUT2D eigenvalue weighted by atomic mass is 35.5. The number of carbonyl (C=O) groups excluding carboxylic acids is 2. The standard InChI is InChI=1S/C20H18ClN7O4/c21-12-1-6-15(24-11-12)25-19(30)16-17(18(22)29)27(8-7-23-16)13-2-4-14(5-3-13)28-9-10-32-20(28)26-31/h1-7,11,31H,8-10H2,(H2,22,29)(H,24,25,30). The van der Waals surface area contributed by atoms with Crippen LogP contribution in [0.15, 0.2) is 64.1 Å². The minimum Gasteiger partial charge on any atom is -0.461 e. The molecule has 32 heavy (non-hydrogen) atoms. The van der Waals surface area contributed by atoms with Gasteiger partial charge in [0.15, 0.2) is 5.70 Å². The Balaban J connectivity index is 1.61. The van der Waals surface area contributed by atoms with Crippen molar-refractivity contribution in [3.8, 4) is 0 Å². The van der Waals surface area contributed by atoms with Crippen LogP contribution in [0.25, 0.3) is 0 Å². The number of aliphatic imine (C=N–C) groups is 1. The van der Waals surface area contributed by atoms with Crippen LogP contribution in [-0.4, -0.2) is 53.9 Å². The van der Waals surface area contributed by atoms with Crippen molar-refractivity contribution in [2.75, 3.05) is 34.8 Å². The van der Waals surface area contributed by atoms with Gasteiger partial charge in [0.25, 0.3) is 11.8 Å². The first kappa shape index (κ1) is 21.1. The van der Waals surface area contributed by atoms with E-state index >= 15 is 0 Å². The number of aromatic nitrogens is 1. The molecule has 0 saturated carbocycles. The molecular weight excluding hydrogens is 438 g/mol. The normalized spacial score (nSPS) is 17.0. The van der Waals surface area contributed by atoms with Gasteiger partial charge in [-0.15, -0.1) is 0 Å². The molecule has 0 spiro atoms. The number of halogens is 1. The topological polar surface area (TPSA) is 146 Å². The lowest BCUT2D eigenvalue weighted by molar-refractivity contribution is -0.116. The number of amidine groups is 1. The average Bonchev–Trinajstić information content (AvgIpc) is 3.29. The van der Waals surface area contributed by atoms with E-state index in [1.807, 2.05) is 0 Å². The number of pyridine rings is 1. The molecule has 1 saturated heterocycles. The van der Waals surface area contributed by atoms with Crippen LogP contribution in [0.3, 0.4) is 0 Å². The highest BCUT2D eigenvalue weighted by Gasteiger charge is 2.29. The average molecular weight is 456 g/mol. The van der Waals surface area contributed by atoms with Crippen LogP contribution in [0.1, 0.15) is 0 Å². The zero-order chi connectivity index (χ0) is 22.7. The number of amides is 2. The molecular formula is C20H18ClN7O4. The maximum absolute atomic E-state index is 12.8. The van der Waals surface area contributed by atoms with Crippen LogP contribution >= 0.6 is 11.6 Å². The van der Waals surface area contributed by atoms with E-state index < -0.39 is 11.8 Å². The van der Waals surface area contributed by atoms with E-state index in [0.29, 0.717) is 23.9 Å². The summed E-state index contributed by atoms with van der Waals surface area (Å²) in [5.41, 5.74) is 6.78. The van der Waals surface area contributed by atoms with E-state index in [4.69, 9.17) is 27.3 Å². The number of hydrogen-bond acceptors (Lipinski definition) is 8. The van der Waals surface area contributed by atoms with Gasteiger partial charge in [-0.1, -0.05) is 11.6 Å². The molecule has 164 valence electrons. The predicted octanol–water partition coefficient (Wildman–Crippen LogP) is 1.54. The molecule has 0 bridgehead atoms. The van der Waals surface area contributed by atoms with E-state index in [1.165, 1.54) is 18.5 Å². The lowest BCUT2D eigenvalue weighted by Crippen LogP contribution is -2.38. The SMILES string of the molecule is NC(=O)C1=C(C(=O)Nc2ccc(Cl)cn2)N=CCN1c1ccc(N2CCOC2=NO)cc1. The molecule has 1 aromatic carbocycles. The monoisotopic (exact) mass is 455 g/mol. The van der Waals surface area contributed by atoms with E-state index in [-0.39, 0.29) is 29.8 Å². The second-order valence-corrected chi connectivity index (χ2v) is 7.14. The number of hydrogen-bond donors (Lipinski definition) is 3. The molecule has 1 aromatic heterocycles. The Morgan fingerprint density at radius 2 is 1.88 bits per heavy atom. The molecule has 3 heterocycles. The first-order valence-corrected chi connectivity index (χ1v) is 9.85. The highest BCUT2D eigenvalue weighted by molar-refractivity contribution is 6.30. The number of oxime groups is 1. The van der Waals surface area contributed by atoms with Gasteiger partial charge in [0.05, 0.1) is 18.1 Å². The number of rotatable bonds is 5. The zero-order valence-electron chi connectivity index (χ0n) is 16.6. The number of carbonyl (C=O) groups is 2. The van der Waals surface area contributed by atoms with Crippen molar-refractivity contribution in [3.05, 3.63) is 59.0 Å². The fourth-order valence-corrected chi connectivity index (χ4v) is 3.42. The maximum atomic E-state index is 12.8. The van der Waals surface area contributed by atoms with Crippen molar-refractivity contribution in [1.29, 1.82) is 0 Å². The Morgan fingerprint density at radius 1 is 1.16 bits per heavy atom. The smallest absolute Gasteiger partial charge is 0.331 e. The summed E-state index contributed by atoms with van der Waals surface area (Å²) in [6.45, 7) is 1.17. The van der Waals surface area contributed by atoms with Crippen molar-refractivity contribution < 1.29 is 19.5 Å². The van der Waals surface area contributed by atoms with E-state index in [0.717, 1.165) is 5.69 Å². The largest absolute Gasteiger partial charge is 0.461 e. The summed E-state index contributed by atoms with van der Waals surface area (Å²) in [6, 6.07) is 10.3. The second-order valence-electron chi connectivity index (χ2n) is 6.70. The number of benzene rings is 1. The third kappa shape index (κ3) is 4.18. The summed E-state index contributed by atoms with van der Waals surface area (Å²) in [6.07, 6.45) is 2.90. The molecule has 0 atom stereocenters. The molecule has 4 N–H and O–H groups in total. The van der Waals surface area contributed by atoms with E-state index in [9.17, 15) is 9.59 Å². The molecule has 4 rings (SSSR count). The second kappa shape index (κ2) is 8.94. The van der Waals surface area contributed by atoms with E-state index in [1.54, 1.807) is 40.1 Å². The first-order chi connectivity index (χ1) is 15.5. The lowest BCUT2D eigenvalue weighted by atomic mass is 10.1. The first-order valence-electron chi connectivity index (χ1n) is 9.47. The zero-order valence-corrected chi connectivity index (χ0v) is 17.4. The minimum atomic E-state index is -0.803. The van der Waals surface area contributed by atoms with Gasteiger partial charge >= 0.3 is 6.02 Å². The van der Waals surface area contributed by atoms with Crippen LogP contribution in [0, 0.1) is 0 Å². The molecule has 1 fully saturated rings. The Morgan fingerprint density at radius 3 is 2.50 bits per heavy atom. The summed E-state index contributed by atoms with van der Waals surface area (Å²) < 4.78 is 5.23. The van der Waals surface area contributed by atoms with Crippen molar-refractivity contribution in [1.82, 2.24) is 4.98 Å². The van der Waals surface area contributed by atoms with Gasteiger partial charge in [-0.3, -0.25) is 19.5 Å². The Bertz CT molecular complexity index is 1130. The summed E-state index contributed by atoms with van der Waals surface area (Å²) in [5.74, 6) is -1.19. The van der Waals surface area contributed by atoms with Crippen LogP contribution < -0.4 is 20.9 Å². The van der Waals surface area contributed by atoms with Gasteiger partial charge < -0.3 is 25.9 Å². The molecule has 0 unspecified atom stereocenters. The van der Waals surface area contributed by atoms with E-state index in [2.05, 4.69) is 20.4 Å². The summed E-state index contributed by atoms with van der Waals surface area (Å²) in [7, 11) is 0. The number of anilines is 3. The van der Waals surface area contributed by atoms with Crippen molar-refractivity contribution in [3.63, 3.8) is 0 Å². The van der Waals surface area contributed by atoms with Crippen LogP contribution in [0.2, 0.25) is 5.02 Å². The van der Waals surface area contributed by atoms with Gasteiger partial charge in [0, 0.05) is 23.8 Å². The van der Waals surface area contributed by atoms with Crippen LogP contribution in [0.4, 0.5) is 17.2 Å². The Labute approximate surface area is 187 Å². The molecule has 2 amide bonds. The van der Waals surface area contributed by atoms with Crippen molar-refractivity contribution in [2.45, 2.75) is 0 Å². The predicted molar refractivity (Wildman–Crippen MR) is 119 cm³/mol. The van der Waals surface area contributed by atoms with Crippen LogP contribution in [-0.2, 0) is 14.3 Å². The summed E-state index contributed by atoms with van der Waals surface area (Å²) in [4.78, 5) is 36.5. The number of nitrogens with two attached hydrogens (primary N) is 1. The fourth-order valence-electron chi connectivity index (χ4n) is 3.31. The fraction of sp³-hybridized carbons (Fsp3) is 0.150.